The van der Waals surface area contributed by atoms with Crippen LogP contribution < -0.4 is 5.32 Å². The number of amides is 1. The van der Waals surface area contributed by atoms with Gasteiger partial charge in [-0.15, -0.1) is 0 Å². The van der Waals surface area contributed by atoms with Crippen LogP contribution in [0, 0.1) is 0 Å². The Hall–Kier alpha value is -2.21. The maximum Gasteiger partial charge on any atom is 0.251 e. The minimum absolute atomic E-state index is 0.142. The molecule has 0 fully saturated rings. The van der Waals surface area contributed by atoms with Gasteiger partial charge in [0.15, 0.2) is 0 Å². The van der Waals surface area contributed by atoms with E-state index in [2.05, 4.69) is 34.5 Å². The number of hydrogen-bond acceptors (Lipinski definition) is 4. The normalized spacial score (nSPS) is 15.1. The lowest BCUT2D eigenvalue weighted by molar-refractivity contribution is 0.0842. The van der Waals surface area contributed by atoms with Gasteiger partial charge < -0.3 is 15.2 Å². The first-order valence-corrected chi connectivity index (χ1v) is 9.99. The van der Waals surface area contributed by atoms with Crippen molar-refractivity contribution in [2.45, 2.75) is 31.9 Å². The van der Waals surface area contributed by atoms with Crippen LogP contribution in [0.25, 0.3) is 0 Å². The number of carbonyl (C=O) groups excluding carboxylic acids is 1. The highest BCUT2D eigenvalue weighted by Gasteiger charge is 2.19. The molecule has 1 aliphatic rings. The maximum absolute atomic E-state index is 12.4. The average molecular weight is 383 g/mol. The van der Waals surface area contributed by atoms with E-state index in [1.807, 2.05) is 24.3 Å². The summed E-state index contributed by atoms with van der Waals surface area (Å²) in [5, 5.41) is 13.2. The summed E-state index contributed by atoms with van der Waals surface area (Å²) in [4.78, 5) is 14.7. The molecule has 0 aliphatic carbocycles. The summed E-state index contributed by atoms with van der Waals surface area (Å²) in [6.45, 7) is 3.32. The van der Waals surface area contributed by atoms with Gasteiger partial charge in [0.25, 0.3) is 5.91 Å². The van der Waals surface area contributed by atoms with E-state index < -0.39 is 6.10 Å². The van der Waals surface area contributed by atoms with E-state index in [1.54, 1.807) is 7.11 Å². The number of rotatable bonds is 9. The average Bonchev–Trinajstić information content (AvgIpc) is 2.72. The van der Waals surface area contributed by atoms with Crippen LogP contribution in [-0.4, -0.2) is 55.4 Å². The van der Waals surface area contributed by atoms with Crippen LogP contribution in [0.3, 0.4) is 0 Å². The Balaban J connectivity index is 1.45. The molecule has 0 spiro atoms. The number of benzene rings is 2. The zero-order valence-electron chi connectivity index (χ0n) is 16.6. The number of aliphatic hydroxyl groups excluding tert-OH is 1. The molecule has 0 radical (unpaired) electrons. The van der Waals surface area contributed by atoms with Crippen LogP contribution in [0.4, 0.5) is 0 Å². The molecule has 0 bridgehead atoms. The van der Waals surface area contributed by atoms with Crippen molar-refractivity contribution in [3.05, 3.63) is 70.8 Å². The monoisotopic (exact) mass is 382 g/mol. The summed E-state index contributed by atoms with van der Waals surface area (Å²) in [6.07, 6.45) is 2.23. The fraction of sp³-hybridized carbons (Fsp3) is 0.435. The van der Waals surface area contributed by atoms with Gasteiger partial charge in [0.2, 0.25) is 0 Å². The Morgan fingerprint density at radius 2 is 2.04 bits per heavy atom. The van der Waals surface area contributed by atoms with E-state index in [9.17, 15) is 9.90 Å². The molecular weight excluding hydrogens is 352 g/mol. The number of methoxy groups -OCH3 is 1. The van der Waals surface area contributed by atoms with Gasteiger partial charge >= 0.3 is 0 Å². The van der Waals surface area contributed by atoms with E-state index in [0.717, 1.165) is 37.9 Å². The SMILES string of the molecule is COCCCc1cccc(C(=O)NCC(O)CN2CCc3ccccc3C2)c1. The van der Waals surface area contributed by atoms with Crippen molar-refractivity contribution in [1.82, 2.24) is 10.2 Å². The van der Waals surface area contributed by atoms with Gasteiger partial charge in [-0.25, -0.2) is 0 Å². The molecule has 0 aromatic heterocycles. The zero-order valence-corrected chi connectivity index (χ0v) is 16.6. The van der Waals surface area contributed by atoms with Gasteiger partial charge in [0.1, 0.15) is 0 Å². The third-order valence-corrected chi connectivity index (χ3v) is 5.18. The highest BCUT2D eigenvalue weighted by molar-refractivity contribution is 5.94. The number of nitrogens with zero attached hydrogens (tertiary/aromatic N) is 1. The minimum atomic E-state index is -0.584. The van der Waals surface area contributed by atoms with Crippen LogP contribution in [-0.2, 0) is 24.1 Å². The molecule has 150 valence electrons. The smallest absolute Gasteiger partial charge is 0.251 e. The Morgan fingerprint density at radius 3 is 2.86 bits per heavy atom. The van der Waals surface area contributed by atoms with Crippen molar-refractivity contribution < 1.29 is 14.6 Å². The molecule has 1 unspecified atom stereocenters. The number of ether oxygens (including phenoxy) is 1. The predicted molar refractivity (Wildman–Crippen MR) is 110 cm³/mol. The first-order chi connectivity index (χ1) is 13.7. The Labute approximate surface area is 167 Å². The van der Waals surface area contributed by atoms with Crippen LogP contribution in [0.15, 0.2) is 48.5 Å². The lowest BCUT2D eigenvalue weighted by atomic mass is 10.00. The summed E-state index contributed by atoms with van der Waals surface area (Å²) in [5.41, 5.74) is 4.48. The van der Waals surface area contributed by atoms with Crippen LogP contribution in [0.2, 0.25) is 0 Å². The molecule has 3 rings (SSSR count). The molecule has 1 amide bonds. The number of aryl methyl sites for hydroxylation is 1. The number of carbonyl (C=O) groups is 1. The second-order valence-corrected chi connectivity index (χ2v) is 7.41. The van der Waals surface area contributed by atoms with Gasteiger partial charge in [-0.1, -0.05) is 36.4 Å². The maximum atomic E-state index is 12.4. The fourth-order valence-electron chi connectivity index (χ4n) is 3.67. The number of nitrogens with one attached hydrogen (secondary N) is 1. The standard InChI is InChI=1S/C23H30N2O3/c1-28-13-5-7-18-6-4-10-20(14-18)23(27)24-15-22(26)17-25-12-11-19-8-2-3-9-21(19)16-25/h2-4,6,8-10,14,22,26H,5,7,11-13,15-17H2,1H3,(H,24,27). The molecule has 5 nitrogen and oxygen atoms in total. The summed E-state index contributed by atoms with van der Waals surface area (Å²) >= 11 is 0. The number of hydrogen-bond donors (Lipinski definition) is 2. The van der Waals surface area contributed by atoms with Crippen molar-refractivity contribution in [3.8, 4) is 0 Å². The number of aliphatic hydroxyl groups is 1. The second-order valence-electron chi connectivity index (χ2n) is 7.41. The highest BCUT2D eigenvalue weighted by atomic mass is 16.5. The van der Waals surface area contributed by atoms with Gasteiger partial charge in [0.05, 0.1) is 6.10 Å². The van der Waals surface area contributed by atoms with E-state index in [4.69, 9.17) is 4.74 Å². The topological polar surface area (TPSA) is 61.8 Å². The predicted octanol–water partition coefficient (Wildman–Crippen LogP) is 2.41. The van der Waals surface area contributed by atoms with Crippen molar-refractivity contribution >= 4 is 5.91 Å². The van der Waals surface area contributed by atoms with Gasteiger partial charge in [-0.2, -0.15) is 0 Å². The molecule has 5 heteroatoms. The van der Waals surface area contributed by atoms with Gasteiger partial charge in [-0.3, -0.25) is 9.69 Å². The molecule has 1 aliphatic heterocycles. The molecule has 0 saturated carbocycles. The van der Waals surface area contributed by atoms with Crippen molar-refractivity contribution in [2.75, 3.05) is 33.4 Å². The molecule has 1 atom stereocenters. The van der Waals surface area contributed by atoms with Gasteiger partial charge in [-0.05, 0) is 48.1 Å². The third-order valence-electron chi connectivity index (χ3n) is 5.18. The highest BCUT2D eigenvalue weighted by Crippen LogP contribution is 2.18. The lowest BCUT2D eigenvalue weighted by Gasteiger charge is -2.30. The van der Waals surface area contributed by atoms with Crippen molar-refractivity contribution in [3.63, 3.8) is 0 Å². The summed E-state index contributed by atoms with van der Waals surface area (Å²) < 4.78 is 5.08. The van der Waals surface area contributed by atoms with E-state index >= 15 is 0 Å². The van der Waals surface area contributed by atoms with Crippen LogP contribution >= 0.6 is 0 Å². The first-order valence-electron chi connectivity index (χ1n) is 9.99. The summed E-state index contributed by atoms with van der Waals surface area (Å²) in [7, 11) is 1.69. The summed E-state index contributed by atoms with van der Waals surface area (Å²) in [5.74, 6) is -0.142. The van der Waals surface area contributed by atoms with Gasteiger partial charge in [0, 0.05) is 45.5 Å². The second kappa shape index (κ2) is 10.4. The lowest BCUT2D eigenvalue weighted by Crippen LogP contribution is -2.42. The third kappa shape index (κ3) is 5.89. The van der Waals surface area contributed by atoms with Crippen LogP contribution in [0.5, 0.6) is 0 Å². The van der Waals surface area contributed by atoms with Crippen molar-refractivity contribution in [2.24, 2.45) is 0 Å². The molecule has 2 aromatic carbocycles. The van der Waals surface area contributed by atoms with E-state index in [1.165, 1.54) is 11.1 Å². The largest absolute Gasteiger partial charge is 0.390 e. The number of fused-ring (bicyclic) bond motifs is 1. The van der Waals surface area contributed by atoms with E-state index in [0.29, 0.717) is 18.7 Å². The molecule has 1 heterocycles. The first kappa shape index (κ1) is 20.5. The Bertz CT molecular complexity index is 778. The molecule has 0 saturated heterocycles. The minimum Gasteiger partial charge on any atom is -0.390 e. The Kier molecular flexibility index (Phi) is 7.60. The molecular formula is C23H30N2O3. The quantitative estimate of drug-likeness (QED) is 0.654. The molecule has 2 aromatic rings. The van der Waals surface area contributed by atoms with E-state index in [-0.39, 0.29) is 12.5 Å². The number of β-amino-alcohol motifs (C(OH)–C–C–N with tert-alkyl or cyclic N) is 1. The van der Waals surface area contributed by atoms with Crippen LogP contribution in [0.1, 0.15) is 33.5 Å². The molecule has 28 heavy (non-hydrogen) atoms. The van der Waals surface area contributed by atoms with Crippen molar-refractivity contribution in [1.29, 1.82) is 0 Å². The molecule has 2 N–H and O–H groups in total. The summed E-state index contributed by atoms with van der Waals surface area (Å²) in [6, 6.07) is 16.1. The zero-order chi connectivity index (χ0) is 19.8. The Morgan fingerprint density at radius 1 is 1.21 bits per heavy atom. The fourth-order valence-corrected chi connectivity index (χ4v) is 3.67.